The molecule has 0 saturated heterocycles. The average molecular weight is 377 g/mol. The van der Waals surface area contributed by atoms with Crippen LogP contribution in [-0.4, -0.2) is 29.4 Å². The van der Waals surface area contributed by atoms with Crippen molar-refractivity contribution >= 4 is 5.91 Å². The number of rotatable bonds is 7. The highest BCUT2D eigenvalue weighted by Gasteiger charge is 2.20. The van der Waals surface area contributed by atoms with Crippen LogP contribution in [0.5, 0.6) is 0 Å². The monoisotopic (exact) mass is 377 g/mol. The van der Waals surface area contributed by atoms with Crippen molar-refractivity contribution < 1.29 is 9.18 Å². The van der Waals surface area contributed by atoms with Gasteiger partial charge in [0.2, 0.25) is 5.91 Å². The first kappa shape index (κ1) is 19.7. The lowest BCUT2D eigenvalue weighted by molar-refractivity contribution is -0.130. The molecule has 5 heteroatoms. The summed E-state index contributed by atoms with van der Waals surface area (Å²) < 4.78 is 13.1. The normalized spacial score (nSPS) is 13.0. The number of benzene rings is 2. The van der Waals surface area contributed by atoms with E-state index < -0.39 is 0 Å². The number of nitrogens with one attached hydrogen (secondary N) is 1. The number of likely N-dealkylation sites (N-methyl/N-ethyl adjacent to an activating group) is 1. The molecule has 0 spiro atoms. The molecule has 2 aromatic carbocycles. The molecule has 0 radical (unpaired) electrons. The minimum absolute atomic E-state index is 0.0475. The molecule has 2 atom stereocenters. The largest absolute Gasteiger partial charge is 0.338 e. The molecule has 0 fully saturated rings. The van der Waals surface area contributed by atoms with Gasteiger partial charge in [0.05, 0.1) is 24.3 Å². The van der Waals surface area contributed by atoms with Gasteiger partial charge in [-0.1, -0.05) is 48.5 Å². The maximum Gasteiger partial charge on any atom is 0.236 e. The van der Waals surface area contributed by atoms with Gasteiger partial charge in [-0.3, -0.25) is 15.1 Å². The van der Waals surface area contributed by atoms with Crippen molar-refractivity contribution in [3.8, 4) is 0 Å². The highest BCUT2D eigenvalue weighted by atomic mass is 19.1. The zero-order valence-electron chi connectivity index (χ0n) is 16.0. The van der Waals surface area contributed by atoms with Crippen LogP contribution in [0.15, 0.2) is 79.0 Å². The fraction of sp³-hybridized carbons (Fsp3) is 0.217. The Balaban J connectivity index is 1.70. The topological polar surface area (TPSA) is 45.2 Å². The summed E-state index contributed by atoms with van der Waals surface area (Å²) in [7, 11) is 1.76. The van der Waals surface area contributed by atoms with E-state index in [1.165, 1.54) is 12.1 Å². The third-order valence-electron chi connectivity index (χ3n) is 4.90. The highest BCUT2D eigenvalue weighted by molar-refractivity contribution is 5.78. The van der Waals surface area contributed by atoms with Gasteiger partial charge < -0.3 is 4.90 Å². The Morgan fingerprint density at radius 3 is 2.32 bits per heavy atom. The molecule has 0 bridgehead atoms. The molecule has 1 amide bonds. The van der Waals surface area contributed by atoms with Gasteiger partial charge >= 0.3 is 0 Å². The third-order valence-corrected chi connectivity index (χ3v) is 4.90. The first-order chi connectivity index (χ1) is 13.6. The Morgan fingerprint density at radius 1 is 1.00 bits per heavy atom. The van der Waals surface area contributed by atoms with Gasteiger partial charge in [0.25, 0.3) is 0 Å². The Hall–Kier alpha value is -3.05. The van der Waals surface area contributed by atoms with E-state index in [4.69, 9.17) is 0 Å². The second-order valence-electron chi connectivity index (χ2n) is 6.71. The molecule has 0 aliphatic carbocycles. The minimum atomic E-state index is -0.285. The summed E-state index contributed by atoms with van der Waals surface area (Å²) in [5, 5.41) is 3.33. The van der Waals surface area contributed by atoms with Gasteiger partial charge in [-0.2, -0.15) is 0 Å². The summed E-state index contributed by atoms with van der Waals surface area (Å²) >= 11 is 0. The van der Waals surface area contributed by atoms with Crippen molar-refractivity contribution in [1.29, 1.82) is 0 Å². The van der Waals surface area contributed by atoms with E-state index in [-0.39, 0.29) is 30.4 Å². The van der Waals surface area contributed by atoms with Crippen LogP contribution in [0.2, 0.25) is 0 Å². The molecular formula is C23H24FN3O. The maximum absolute atomic E-state index is 13.1. The summed E-state index contributed by atoms with van der Waals surface area (Å²) in [6.45, 7) is 2.09. The summed E-state index contributed by atoms with van der Waals surface area (Å²) in [4.78, 5) is 18.9. The predicted octanol–water partition coefficient (Wildman–Crippen LogP) is 4.12. The number of hydrogen-bond acceptors (Lipinski definition) is 3. The van der Waals surface area contributed by atoms with Crippen molar-refractivity contribution in [2.24, 2.45) is 0 Å². The molecule has 1 N–H and O–H groups in total. The molecule has 1 heterocycles. The van der Waals surface area contributed by atoms with Crippen molar-refractivity contribution in [3.05, 3.63) is 102 Å². The van der Waals surface area contributed by atoms with Gasteiger partial charge in [-0.05, 0) is 42.3 Å². The fourth-order valence-electron chi connectivity index (χ4n) is 3.08. The fourth-order valence-corrected chi connectivity index (χ4v) is 3.08. The Labute approximate surface area is 165 Å². The molecule has 28 heavy (non-hydrogen) atoms. The summed E-state index contributed by atoms with van der Waals surface area (Å²) in [6.07, 6.45) is 1.75. The summed E-state index contributed by atoms with van der Waals surface area (Å²) in [5.41, 5.74) is 2.79. The number of nitrogens with zero attached hydrogens (tertiary/aromatic N) is 2. The Kier molecular flexibility index (Phi) is 6.50. The van der Waals surface area contributed by atoms with Gasteiger partial charge in [0.15, 0.2) is 0 Å². The molecule has 3 rings (SSSR count). The first-order valence-electron chi connectivity index (χ1n) is 9.26. The molecule has 0 saturated carbocycles. The zero-order valence-corrected chi connectivity index (χ0v) is 16.0. The van der Waals surface area contributed by atoms with Crippen molar-refractivity contribution in [2.75, 3.05) is 13.6 Å². The molecule has 2 unspecified atom stereocenters. The third kappa shape index (κ3) is 4.81. The van der Waals surface area contributed by atoms with E-state index in [1.54, 1.807) is 30.3 Å². The second kappa shape index (κ2) is 9.24. The first-order valence-corrected chi connectivity index (χ1v) is 9.26. The van der Waals surface area contributed by atoms with E-state index in [0.717, 1.165) is 16.8 Å². The van der Waals surface area contributed by atoms with Crippen LogP contribution in [-0.2, 0) is 4.79 Å². The van der Waals surface area contributed by atoms with Crippen LogP contribution in [0.4, 0.5) is 4.39 Å². The van der Waals surface area contributed by atoms with Gasteiger partial charge in [-0.25, -0.2) is 4.39 Å². The lowest BCUT2D eigenvalue weighted by atomic mass is 10.0. The number of carbonyl (C=O) groups is 1. The number of carbonyl (C=O) groups excluding carboxylic acids is 1. The van der Waals surface area contributed by atoms with Crippen LogP contribution < -0.4 is 5.32 Å². The van der Waals surface area contributed by atoms with Gasteiger partial charge in [0, 0.05) is 13.2 Å². The van der Waals surface area contributed by atoms with Crippen LogP contribution in [0, 0.1) is 5.82 Å². The Bertz CT molecular complexity index is 845. The van der Waals surface area contributed by atoms with Gasteiger partial charge in [-0.15, -0.1) is 0 Å². The number of amides is 1. The molecule has 4 nitrogen and oxygen atoms in total. The molecule has 0 aliphatic heterocycles. The maximum atomic E-state index is 13.1. The van der Waals surface area contributed by atoms with E-state index in [0.29, 0.717) is 0 Å². The number of halogens is 1. The highest BCUT2D eigenvalue weighted by Crippen LogP contribution is 2.21. The molecule has 1 aromatic heterocycles. The van der Waals surface area contributed by atoms with E-state index in [1.807, 2.05) is 55.5 Å². The lowest BCUT2D eigenvalue weighted by Crippen LogP contribution is -2.38. The summed E-state index contributed by atoms with van der Waals surface area (Å²) in [6, 6.07) is 21.6. The molecule has 3 aromatic rings. The van der Waals surface area contributed by atoms with E-state index in [9.17, 15) is 9.18 Å². The van der Waals surface area contributed by atoms with Gasteiger partial charge in [0.1, 0.15) is 5.82 Å². The number of hydrogen-bond donors (Lipinski definition) is 1. The lowest BCUT2D eigenvalue weighted by Gasteiger charge is -2.27. The molecule has 0 aliphatic rings. The number of aromatic nitrogens is 1. The second-order valence-corrected chi connectivity index (χ2v) is 6.71. The predicted molar refractivity (Wildman–Crippen MR) is 108 cm³/mol. The quantitative estimate of drug-likeness (QED) is 0.674. The Morgan fingerprint density at radius 2 is 1.68 bits per heavy atom. The molecule has 144 valence electrons. The number of pyridine rings is 1. The van der Waals surface area contributed by atoms with Crippen molar-refractivity contribution in [2.45, 2.75) is 19.0 Å². The van der Waals surface area contributed by atoms with Crippen LogP contribution >= 0.6 is 0 Å². The van der Waals surface area contributed by atoms with Crippen molar-refractivity contribution in [1.82, 2.24) is 15.2 Å². The SMILES string of the molecule is CC(c1ccc(F)cc1)N(C)C(=O)CNC(c1ccccc1)c1ccccn1. The minimum Gasteiger partial charge on any atom is -0.338 e. The van der Waals surface area contributed by atoms with Crippen LogP contribution in [0.25, 0.3) is 0 Å². The van der Waals surface area contributed by atoms with Crippen molar-refractivity contribution in [3.63, 3.8) is 0 Å². The summed E-state index contributed by atoms with van der Waals surface area (Å²) in [5.74, 6) is -0.332. The van der Waals surface area contributed by atoms with E-state index >= 15 is 0 Å². The average Bonchev–Trinajstić information content (AvgIpc) is 2.75. The van der Waals surface area contributed by atoms with E-state index in [2.05, 4.69) is 10.3 Å². The van der Waals surface area contributed by atoms with Crippen LogP contribution in [0.3, 0.4) is 0 Å². The zero-order chi connectivity index (χ0) is 19.9. The molecular weight excluding hydrogens is 353 g/mol. The smallest absolute Gasteiger partial charge is 0.236 e. The van der Waals surface area contributed by atoms with Crippen LogP contribution in [0.1, 0.15) is 35.8 Å². The standard InChI is InChI=1S/C23H24FN3O/c1-17(18-11-13-20(24)14-12-18)27(2)22(28)16-26-23(19-8-4-3-5-9-19)21-10-6-7-15-25-21/h3-15,17,23,26H,16H2,1-2H3.